The number of aryl methyl sites for hydroxylation is 1. The SMILES string of the molecule is Cc1ccc(Br)c(NC(=O)CSC(C)(C)C)c1. The van der Waals surface area contributed by atoms with Gasteiger partial charge in [-0.05, 0) is 40.5 Å². The molecule has 4 heteroatoms. The van der Waals surface area contributed by atoms with Crippen molar-refractivity contribution in [3.8, 4) is 0 Å². The standard InChI is InChI=1S/C13H18BrNOS/c1-9-5-6-10(14)11(7-9)15-12(16)8-17-13(2,3)4/h5-7H,8H2,1-4H3,(H,15,16). The van der Waals surface area contributed by atoms with Crippen LogP contribution < -0.4 is 5.32 Å². The maximum absolute atomic E-state index is 11.8. The van der Waals surface area contributed by atoms with Crippen LogP contribution in [0, 0.1) is 6.92 Å². The Hall–Kier alpha value is -0.480. The third kappa shape index (κ3) is 5.59. The Morgan fingerprint density at radius 3 is 2.65 bits per heavy atom. The predicted octanol–water partition coefficient (Wildman–Crippen LogP) is 4.23. The average molecular weight is 316 g/mol. The Kier molecular flexibility index (Phi) is 5.07. The number of thioether (sulfide) groups is 1. The third-order valence-electron chi connectivity index (χ3n) is 2.03. The first-order valence-electron chi connectivity index (χ1n) is 5.48. The molecular weight excluding hydrogens is 298 g/mol. The van der Waals surface area contributed by atoms with E-state index < -0.39 is 0 Å². The maximum Gasteiger partial charge on any atom is 0.234 e. The van der Waals surface area contributed by atoms with Crippen LogP contribution in [0.2, 0.25) is 0 Å². The molecule has 0 fully saturated rings. The molecule has 0 saturated carbocycles. The van der Waals surface area contributed by atoms with Gasteiger partial charge in [0.1, 0.15) is 0 Å². The summed E-state index contributed by atoms with van der Waals surface area (Å²) in [7, 11) is 0. The minimum Gasteiger partial charge on any atom is -0.324 e. The molecule has 0 unspecified atom stereocenters. The second-order valence-corrected chi connectivity index (χ2v) is 7.59. The summed E-state index contributed by atoms with van der Waals surface area (Å²) >= 11 is 5.07. The molecular formula is C13H18BrNOS. The van der Waals surface area contributed by atoms with Gasteiger partial charge in [-0.2, -0.15) is 0 Å². The highest BCUT2D eigenvalue weighted by Crippen LogP contribution is 2.25. The van der Waals surface area contributed by atoms with Gasteiger partial charge in [0.15, 0.2) is 0 Å². The summed E-state index contributed by atoms with van der Waals surface area (Å²) in [6, 6.07) is 5.91. The molecule has 0 radical (unpaired) electrons. The minimum absolute atomic E-state index is 0.0382. The van der Waals surface area contributed by atoms with Gasteiger partial charge in [-0.15, -0.1) is 11.8 Å². The largest absolute Gasteiger partial charge is 0.324 e. The van der Waals surface area contributed by atoms with Crippen LogP contribution in [0.4, 0.5) is 5.69 Å². The average Bonchev–Trinajstić information content (AvgIpc) is 2.20. The van der Waals surface area contributed by atoms with E-state index in [1.54, 1.807) is 11.8 Å². The monoisotopic (exact) mass is 315 g/mol. The number of hydrogen-bond donors (Lipinski definition) is 1. The molecule has 0 atom stereocenters. The molecule has 0 saturated heterocycles. The van der Waals surface area contributed by atoms with Crippen molar-refractivity contribution in [1.82, 2.24) is 0 Å². The second-order valence-electron chi connectivity index (χ2n) is 4.93. The number of carbonyl (C=O) groups is 1. The van der Waals surface area contributed by atoms with Gasteiger partial charge in [-0.25, -0.2) is 0 Å². The highest BCUT2D eigenvalue weighted by molar-refractivity contribution is 9.10. The second kappa shape index (κ2) is 5.91. The first kappa shape index (κ1) is 14.6. The van der Waals surface area contributed by atoms with E-state index in [1.807, 2.05) is 25.1 Å². The fraction of sp³-hybridized carbons (Fsp3) is 0.462. The Morgan fingerprint density at radius 2 is 2.06 bits per heavy atom. The summed E-state index contributed by atoms with van der Waals surface area (Å²) in [6.07, 6.45) is 0. The van der Waals surface area contributed by atoms with Gasteiger partial charge >= 0.3 is 0 Å². The normalized spacial score (nSPS) is 11.4. The zero-order chi connectivity index (χ0) is 13.1. The third-order valence-corrected chi connectivity index (χ3v) is 4.00. The quantitative estimate of drug-likeness (QED) is 0.904. The van der Waals surface area contributed by atoms with Crippen molar-refractivity contribution >= 4 is 39.3 Å². The minimum atomic E-state index is 0.0382. The van der Waals surface area contributed by atoms with E-state index in [9.17, 15) is 4.79 Å². The van der Waals surface area contributed by atoms with Crippen LogP contribution >= 0.6 is 27.7 Å². The van der Waals surface area contributed by atoms with E-state index in [1.165, 1.54) is 0 Å². The van der Waals surface area contributed by atoms with Gasteiger partial charge < -0.3 is 5.32 Å². The van der Waals surface area contributed by atoms with Gasteiger partial charge in [0.05, 0.1) is 11.4 Å². The highest BCUT2D eigenvalue weighted by Gasteiger charge is 2.14. The fourth-order valence-corrected chi connectivity index (χ4v) is 2.19. The molecule has 0 aliphatic carbocycles. The van der Waals surface area contributed by atoms with Gasteiger partial charge in [-0.3, -0.25) is 4.79 Å². The molecule has 0 heterocycles. The number of halogens is 1. The van der Waals surface area contributed by atoms with Crippen molar-refractivity contribution in [2.24, 2.45) is 0 Å². The summed E-state index contributed by atoms with van der Waals surface area (Å²) < 4.78 is 1.03. The summed E-state index contributed by atoms with van der Waals surface area (Å²) in [5.74, 6) is 0.514. The smallest absolute Gasteiger partial charge is 0.234 e. The lowest BCUT2D eigenvalue weighted by Gasteiger charge is -2.17. The fourth-order valence-electron chi connectivity index (χ4n) is 1.20. The molecule has 2 nitrogen and oxygen atoms in total. The van der Waals surface area contributed by atoms with E-state index in [4.69, 9.17) is 0 Å². The van der Waals surface area contributed by atoms with Crippen LogP contribution in [0.3, 0.4) is 0 Å². The first-order chi connectivity index (χ1) is 7.78. The number of carbonyl (C=O) groups excluding carboxylic acids is 1. The molecule has 1 aromatic rings. The van der Waals surface area contributed by atoms with Crippen LogP contribution in [0.5, 0.6) is 0 Å². The molecule has 94 valence electrons. The lowest BCUT2D eigenvalue weighted by molar-refractivity contribution is -0.113. The van der Waals surface area contributed by atoms with E-state index in [2.05, 4.69) is 42.0 Å². The van der Waals surface area contributed by atoms with Crippen LogP contribution in [0.25, 0.3) is 0 Å². The van der Waals surface area contributed by atoms with E-state index >= 15 is 0 Å². The number of benzene rings is 1. The lowest BCUT2D eigenvalue weighted by atomic mass is 10.2. The number of hydrogen-bond acceptors (Lipinski definition) is 2. The van der Waals surface area contributed by atoms with Crippen LogP contribution in [-0.4, -0.2) is 16.4 Å². The topological polar surface area (TPSA) is 29.1 Å². The Labute approximate surface area is 116 Å². The number of amides is 1. The first-order valence-corrected chi connectivity index (χ1v) is 7.26. The lowest BCUT2D eigenvalue weighted by Crippen LogP contribution is -2.19. The van der Waals surface area contributed by atoms with Crippen LogP contribution in [-0.2, 0) is 4.79 Å². The Balaban J connectivity index is 2.59. The van der Waals surface area contributed by atoms with Crippen LogP contribution in [0.15, 0.2) is 22.7 Å². The van der Waals surface area contributed by atoms with Gasteiger partial charge in [-0.1, -0.05) is 26.8 Å². The summed E-state index contributed by atoms with van der Waals surface area (Å²) in [4.78, 5) is 11.8. The number of anilines is 1. The molecule has 1 amide bonds. The van der Waals surface area contributed by atoms with Crippen molar-refractivity contribution in [1.29, 1.82) is 0 Å². The molecule has 0 bridgehead atoms. The molecule has 0 spiro atoms. The van der Waals surface area contributed by atoms with Crippen molar-refractivity contribution in [3.05, 3.63) is 28.2 Å². The van der Waals surface area contributed by atoms with E-state index in [0.29, 0.717) is 5.75 Å². The molecule has 1 aromatic carbocycles. The van der Waals surface area contributed by atoms with Gasteiger partial charge in [0.25, 0.3) is 0 Å². The van der Waals surface area contributed by atoms with E-state index in [-0.39, 0.29) is 10.7 Å². The molecule has 0 aliphatic heterocycles. The zero-order valence-electron chi connectivity index (χ0n) is 10.6. The van der Waals surface area contributed by atoms with Crippen molar-refractivity contribution < 1.29 is 4.79 Å². The molecule has 1 rings (SSSR count). The predicted molar refractivity (Wildman–Crippen MR) is 79.7 cm³/mol. The Bertz CT molecular complexity index is 412. The maximum atomic E-state index is 11.8. The molecule has 1 N–H and O–H groups in total. The molecule has 0 aliphatic rings. The molecule has 0 aromatic heterocycles. The van der Waals surface area contributed by atoms with Crippen molar-refractivity contribution in [2.45, 2.75) is 32.4 Å². The summed E-state index contributed by atoms with van der Waals surface area (Å²) in [5, 5.41) is 2.92. The van der Waals surface area contributed by atoms with Crippen molar-refractivity contribution in [3.63, 3.8) is 0 Å². The Morgan fingerprint density at radius 1 is 1.41 bits per heavy atom. The summed E-state index contributed by atoms with van der Waals surface area (Å²) in [5.41, 5.74) is 1.97. The van der Waals surface area contributed by atoms with Gasteiger partial charge in [0, 0.05) is 9.22 Å². The van der Waals surface area contributed by atoms with Crippen molar-refractivity contribution in [2.75, 3.05) is 11.1 Å². The zero-order valence-corrected chi connectivity index (χ0v) is 13.0. The van der Waals surface area contributed by atoms with E-state index in [0.717, 1.165) is 15.7 Å². The number of rotatable bonds is 3. The van der Waals surface area contributed by atoms with Crippen LogP contribution in [0.1, 0.15) is 26.3 Å². The highest BCUT2D eigenvalue weighted by atomic mass is 79.9. The van der Waals surface area contributed by atoms with Gasteiger partial charge in [0.2, 0.25) is 5.91 Å². The summed E-state index contributed by atoms with van der Waals surface area (Å²) in [6.45, 7) is 8.32. The number of nitrogens with one attached hydrogen (secondary N) is 1. The molecule has 17 heavy (non-hydrogen) atoms.